The van der Waals surface area contributed by atoms with Crippen molar-refractivity contribution in [1.82, 2.24) is 4.98 Å². The maximum Gasteiger partial charge on any atom is 0.167 e. The van der Waals surface area contributed by atoms with Crippen molar-refractivity contribution >= 4 is 11.6 Å². The molecule has 0 spiro atoms. The van der Waals surface area contributed by atoms with Gasteiger partial charge in [-0.15, -0.1) is 0 Å². The first-order chi connectivity index (χ1) is 16.0. The van der Waals surface area contributed by atoms with Crippen LogP contribution in [0.3, 0.4) is 0 Å². The molecule has 1 fully saturated rings. The van der Waals surface area contributed by atoms with E-state index < -0.39 is 0 Å². The number of ketones is 2. The summed E-state index contributed by atoms with van der Waals surface area (Å²) in [5.41, 5.74) is 6.67. The number of nitrogens with zero attached hydrogens (tertiary/aromatic N) is 1. The molecule has 0 bridgehead atoms. The minimum Gasteiger partial charge on any atom is -0.300 e. The zero-order chi connectivity index (χ0) is 22.8. The summed E-state index contributed by atoms with van der Waals surface area (Å²) in [5, 5.41) is 0. The van der Waals surface area contributed by atoms with Gasteiger partial charge in [-0.1, -0.05) is 48.5 Å². The van der Waals surface area contributed by atoms with Crippen LogP contribution in [0.15, 0.2) is 66.9 Å². The molecule has 2 aromatic carbocycles. The molecule has 0 amide bonds. The quantitative estimate of drug-likeness (QED) is 0.460. The van der Waals surface area contributed by atoms with E-state index >= 15 is 0 Å². The number of hydrogen-bond acceptors (Lipinski definition) is 3. The molecule has 0 unspecified atom stereocenters. The van der Waals surface area contributed by atoms with Gasteiger partial charge in [0, 0.05) is 42.1 Å². The fourth-order valence-electron chi connectivity index (χ4n) is 6.14. The zero-order valence-electron chi connectivity index (χ0n) is 19.3. The van der Waals surface area contributed by atoms with Gasteiger partial charge in [0.05, 0.1) is 0 Å². The molecule has 3 heteroatoms. The summed E-state index contributed by atoms with van der Waals surface area (Å²) in [7, 11) is 0. The van der Waals surface area contributed by atoms with Gasteiger partial charge < -0.3 is 0 Å². The minimum atomic E-state index is -0.0252. The van der Waals surface area contributed by atoms with Gasteiger partial charge in [0.2, 0.25) is 0 Å². The highest BCUT2D eigenvalue weighted by atomic mass is 16.1. The molecule has 3 nitrogen and oxygen atoms in total. The Bertz CT molecular complexity index is 1180. The topological polar surface area (TPSA) is 47.0 Å². The Kier molecular flexibility index (Phi) is 5.97. The van der Waals surface area contributed by atoms with Crippen LogP contribution in [0, 0.1) is 12.8 Å². The second-order valence-corrected chi connectivity index (χ2v) is 9.87. The first-order valence-electron chi connectivity index (χ1n) is 12.2. The van der Waals surface area contributed by atoms with Gasteiger partial charge in [0.15, 0.2) is 5.78 Å². The van der Waals surface area contributed by atoms with E-state index in [0.717, 1.165) is 48.9 Å². The lowest BCUT2D eigenvalue weighted by Crippen LogP contribution is -2.42. The lowest BCUT2D eigenvalue weighted by atomic mass is 9.58. The molecule has 2 atom stereocenters. The third kappa shape index (κ3) is 4.29. The lowest BCUT2D eigenvalue weighted by molar-refractivity contribution is -0.123. The second-order valence-electron chi connectivity index (χ2n) is 9.87. The average molecular weight is 438 g/mol. The predicted octanol–water partition coefficient (Wildman–Crippen LogP) is 6.00. The highest BCUT2D eigenvalue weighted by molar-refractivity contribution is 5.98. The second kappa shape index (κ2) is 9.05. The van der Waals surface area contributed by atoms with Crippen molar-refractivity contribution in [2.24, 2.45) is 5.92 Å². The van der Waals surface area contributed by atoms with E-state index in [1.807, 2.05) is 25.1 Å². The molecule has 2 aliphatic rings. The van der Waals surface area contributed by atoms with E-state index in [0.29, 0.717) is 31.0 Å². The van der Waals surface area contributed by atoms with Gasteiger partial charge >= 0.3 is 0 Å². The molecular weight excluding hydrogens is 406 g/mol. The van der Waals surface area contributed by atoms with Gasteiger partial charge in [-0.05, 0) is 79.3 Å². The number of rotatable bonds is 5. The number of pyridine rings is 1. The maximum atomic E-state index is 13.2. The molecule has 1 aromatic heterocycles. The summed E-state index contributed by atoms with van der Waals surface area (Å²) in [6.45, 7) is 1.96. The van der Waals surface area contributed by atoms with Crippen molar-refractivity contribution < 1.29 is 9.59 Å². The Labute approximate surface area is 196 Å². The number of hydrogen-bond donors (Lipinski definition) is 0. The minimum absolute atomic E-state index is 0.0252. The fraction of sp³-hybridized carbons (Fsp3) is 0.367. The van der Waals surface area contributed by atoms with Crippen LogP contribution < -0.4 is 0 Å². The number of benzene rings is 2. The van der Waals surface area contributed by atoms with Crippen molar-refractivity contribution in [2.75, 3.05) is 0 Å². The standard InChI is InChI=1S/C30H31NO2/c1-21-23(10-6-16-31-21)18-29(33)25-12-13-28-24(17-25)9-5-11-26-19-27(32)14-15-30(26,28)20-22-7-3-2-4-8-22/h2-4,6-8,10,12-13,16-17,26H,5,9,11,14-15,18-20H2,1H3/t26-,30-/m0/s1. The molecule has 1 heterocycles. The predicted molar refractivity (Wildman–Crippen MR) is 131 cm³/mol. The third-order valence-electron chi connectivity index (χ3n) is 7.90. The Morgan fingerprint density at radius 3 is 2.73 bits per heavy atom. The van der Waals surface area contributed by atoms with Gasteiger partial charge in [-0.3, -0.25) is 14.6 Å². The number of fused-ring (bicyclic) bond motifs is 3. The Hall–Kier alpha value is -3.07. The van der Waals surface area contributed by atoms with Gasteiger partial charge in [0.25, 0.3) is 0 Å². The molecule has 0 N–H and O–H groups in total. The van der Waals surface area contributed by atoms with Gasteiger partial charge in [-0.25, -0.2) is 0 Å². The molecule has 2 aliphatic carbocycles. The Morgan fingerprint density at radius 2 is 1.91 bits per heavy atom. The SMILES string of the molecule is Cc1ncccc1CC(=O)c1ccc2c(c1)CCC[C@H]1CC(=O)CC[C@@]21Cc1ccccc1. The monoisotopic (exact) mass is 437 g/mol. The lowest BCUT2D eigenvalue weighted by Gasteiger charge is -2.44. The normalized spacial score (nSPS) is 22.2. The maximum absolute atomic E-state index is 13.2. The third-order valence-corrected chi connectivity index (χ3v) is 7.90. The van der Waals surface area contributed by atoms with Crippen molar-refractivity contribution in [3.8, 4) is 0 Å². The van der Waals surface area contributed by atoms with E-state index in [1.165, 1.54) is 16.7 Å². The van der Waals surface area contributed by atoms with Crippen LogP contribution in [-0.2, 0) is 29.5 Å². The first-order valence-corrected chi connectivity index (χ1v) is 12.2. The van der Waals surface area contributed by atoms with Crippen LogP contribution in [0.1, 0.15) is 70.4 Å². The van der Waals surface area contributed by atoms with Crippen LogP contribution in [0.4, 0.5) is 0 Å². The van der Waals surface area contributed by atoms with E-state index in [2.05, 4.69) is 47.4 Å². The highest BCUT2D eigenvalue weighted by Crippen LogP contribution is 2.50. The summed E-state index contributed by atoms with van der Waals surface area (Å²) in [5.74, 6) is 0.927. The molecule has 33 heavy (non-hydrogen) atoms. The summed E-state index contributed by atoms with van der Waals surface area (Å²) >= 11 is 0. The van der Waals surface area contributed by atoms with Gasteiger partial charge in [-0.2, -0.15) is 0 Å². The summed E-state index contributed by atoms with van der Waals surface area (Å²) in [4.78, 5) is 29.9. The smallest absolute Gasteiger partial charge is 0.167 e. The number of carbonyl (C=O) groups is 2. The van der Waals surface area contributed by atoms with Crippen molar-refractivity contribution in [3.05, 3.63) is 100 Å². The number of carbonyl (C=O) groups excluding carboxylic acids is 2. The summed E-state index contributed by atoms with van der Waals surface area (Å²) in [6, 6.07) is 21.0. The van der Waals surface area contributed by atoms with E-state index in [4.69, 9.17) is 0 Å². The number of Topliss-reactive ketones (excluding diaryl/α,β-unsaturated/α-hetero) is 2. The average Bonchev–Trinajstić information content (AvgIpc) is 2.97. The van der Waals surface area contributed by atoms with Crippen LogP contribution in [-0.4, -0.2) is 16.6 Å². The molecule has 168 valence electrons. The fourth-order valence-corrected chi connectivity index (χ4v) is 6.14. The summed E-state index contributed by atoms with van der Waals surface area (Å²) < 4.78 is 0. The summed E-state index contributed by atoms with van der Waals surface area (Å²) in [6.07, 6.45) is 8.47. The Balaban J connectivity index is 1.52. The zero-order valence-corrected chi connectivity index (χ0v) is 19.3. The van der Waals surface area contributed by atoms with Crippen molar-refractivity contribution in [3.63, 3.8) is 0 Å². The molecule has 5 rings (SSSR count). The van der Waals surface area contributed by atoms with Crippen LogP contribution in [0.5, 0.6) is 0 Å². The van der Waals surface area contributed by atoms with Crippen molar-refractivity contribution in [1.29, 1.82) is 0 Å². The van der Waals surface area contributed by atoms with E-state index in [9.17, 15) is 9.59 Å². The van der Waals surface area contributed by atoms with Crippen LogP contribution in [0.2, 0.25) is 0 Å². The molecular formula is C30H31NO2. The van der Waals surface area contributed by atoms with Crippen LogP contribution in [0.25, 0.3) is 0 Å². The molecule has 0 saturated heterocycles. The first kappa shape index (κ1) is 21.8. The molecule has 0 radical (unpaired) electrons. The largest absolute Gasteiger partial charge is 0.300 e. The highest BCUT2D eigenvalue weighted by Gasteiger charge is 2.46. The van der Waals surface area contributed by atoms with Crippen LogP contribution >= 0.6 is 0 Å². The number of aromatic nitrogens is 1. The van der Waals surface area contributed by atoms with E-state index in [1.54, 1.807) is 6.20 Å². The van der Waals surface area contributed by atoms with Gasteiger partial charge in [0.1, 0.15) is 5.78 Å². The van der Waals surface area contributed by atoms with E-state index in [-0.39, 0.29) is 11.2 Å². The molecule has 3 aromatic rings. The van der Waals surface area contributed by atoms with Crippen molar-refractivity contribution in [2.45, 2.75) is 63.7 Å². The number of aryl methyl sites for hydroxylation is 2. The Morgan fingerprint density at radius 1 is 1.06 bits per heavy atom. The molecule has 1 saturated carbocycles. The molecule has 0 aliphatic heterocycles.